The minimum Gasteiger partial charge on any atom is -0.316 e. The molecule has 108 valence electrons. The van der Waals surface area contributed by atoms with Crippen molar-refractivity contribution in [2.24, 2.45) is 5.92 Å². The van der Waals surface area contributed by atoms with Gasteiger partial charge in [0.15, 0.2) is 0 Å². The fourth-order valence-electron chi connectivity index (χ4n) is 2.76. The van der Waals surface area contributed by atoms with Gasteiger partial charge in [-0.1, -0.05) is 48.5 Å². The van der Waals surface area contributed by atoms with Crippen molar-refractivity contribution < 1.29 is 4.79 Å². The largest absolute Gasteiger partial charge is 0.316 e. The van der Waals surface area contributed by atoms with Gasteiger partial charge in [-0.3, -0.25) is 4.79 Å². The Balaban J connectivity index is 1.85. The average Bonchev–Trinajstić information content (AvgIpc) is 3.08. The molecule has 3 rings (SSSR count). The third-order valence-corrected chi connectivity index (χ3v) is 3.93. The molecule has 1 fully saturated rings. The standard InChI is InChI=1S/C18H20N2O/c21-18(16-11-12-19-13-16)20(17-9-5-2-6-10-17)14-15-7-3-1-4-8-15/h1-10,16,19H,11-14H2. The van der Waals surface area contributed by atoms with E-state index in [1.54, 1.807) is 0 Å². The normalized spacial score (nSPS) is 17.6. The van der Waals surface area contributed by atoms with Crippen LogP contribution in [0.15, 0.2) is 60.7 Å². The lowest BCUT2D eigenvalue weighted by Crippen LogP contribution is -2.36. The number of hydrogen-bond donors (Lipinski definition) is 1. The highest BCUT2D eigenvalue weighted by Gasteiger charge is 2.27. The van der Waals surface area contributed by atoms with Gasteiger partial charge in [0.25, 0.3) is 0 Å². The first-order chi connectivity index (χ1) is 10.3. The third kappa shape index (κ3) is 3.31. The number of anilines is 1. The lowest BCUT2D eigenvalue weighted by molar-refractivity contribution is -0.122. The molecule has 1 aliphatic heterocycles. The van der Waals surface area contributed by atoms with Crippen LogP contribution in [-0.2, 0) is 11.3 Å². The molecule has 1 heterocycles. The van der Waals surface area contributed by atoms with Crippen molar-refractivity contribution in [1.29, 1.82) is 0 Å². The van der Waals surface area contributed by atoms with Crippen LogP contribution in [0.3, 0.4) is 0 Å². The van der Waals surface area contributed by atoms with E-state index in [0.29, 0.717) is 6.54 Å². The molecule has 1 amide bonds. The summed E-state index contributed by atoms with van der Waals surface area (Å²) in [6, 6.07) is 20.1. The highest BCUT2D eigenvalue weighted by molar-refractivity contribution is 5.95. The Morgan fingerprint density at radius 3 is 2.33 bits per heavy atom. The summed E-state index contributed by atoms with van der Waals surface area (Å²) in [5.41, 5.74) is 2.12. The van der Waals surface area contributed by atoms with Crippen LogP contribution in [0.5, 0.6) is 0 Å². The Bertz CT molecular complexity index is 577. The fourth-order valence-corrected chi connectivity index (χ4v) is 2.76. The minimum absolute atomic E-state index is 0.0916. The van der Waals surface area contributed by atoms with Crippen LogP contribution in [-0.4, -0.2) is 19.0 Å². The summed E-state index contributed by atoms with van der Waals surface area (Å²) in [5, 5.41) is 3.28. The first-order valence-electron chi connectivity index (χ1n) is 7.45. The first-order valence-corrected chi connectivity index (χ1v) is 7.45. The second kappa shape index (κ2) is 6.55. The predicted octanol–water partition coefficient (Wildman–Crippen LogP) is 2.83. The van der Waals surface area contributed by atoms with Gasteiger partial charge in [-0.05, 0) is 30.7 Å². The molecular formula is C18H20N2O. The van der Waals surface area contributed by atoms with Crippen molar-refractivity contribution >= 4 is 11.6 Å². The van der Waals surface area contributed by atoms with Crippen molar-refractivity contribution in [2.75, 3.05) is 18.0 Å². The number of rotatable bonds is 4. The molecule has 0 bridgehead atoms. The molecule has 0 aliphatic carbocycles. The van der Waals surface area contributed by atoms with Crippen LogP contribution in [0.4, 0.5) is 5.69 Å². The van der Waals surface area contributed by atoms with Crippen molar-refractivity contribution in [1.82, 2.24) is 5.32 Å². The molecule has 0 aromatic heterocycles. The minimum atomic E-state index is 0.0916. The Hall–Kier alpha value is -2.13. The number of para-hydroxylation sites is 1. The van der Waals surface area contributed by atoms with Crippen LogP contribution in [0.1, 0.15) is 12.0 Å². The molecule has 21 heavy (non-hydrogen) atoms. The van der Waals surface area contributed by atoms with E-state index < -0.39 is 0 Å². The molecule has 1 aliphatic rings. The highest BCUT2D eigenvalue weighted by atomic mass is 16.2. The molecule has 1 unspecified atom stereocenters. The molecule has 3 nitrogen and oxygen atoms in total. The lowest BCUT2D eigenvalue weighted by Gasteiger charge is -2.25. The Labute approximate surface area is 125 Å². The third-order valence-electron chi connectivity index (χ3n) is 3.93. The zero-order chi connectivity index (χ0) is 14.5. The second-order valence-electron chi connectivity index (χ2n) is 5.44. The van der Waals surface area contributed by atoms with E-state index in [0.717, 1.165) is 30.8 Å². The highest BCUT2D eigenvalue weighted by Crippen LogP contribution is 2.21. The van der Waals surface area contributed by atoms with Crippen LogP contribution in [0, 0.1) is 5.92 Å². The summed E-state index contributed by atoms with van der Waals surface area (Å²) in [6.45, 7) is 2.35. The van der Waals surface area contributed by atoms with E-state index in [9.17, 15) is 4.79 Å². The van der Waals surface area contributed by atoms with Crippen LogP contribution in [0.25, 0.3) is 0 Å². The maximum absolute atomic E-state index is 12.8. The van der Waals surface area contributed by atoms with E-state index in [2.05, 4.69) is 17.4 Å². The summed E-state index contributed by atoms with van der Waals surface area (Å²) in [7, 11) is 0. The fraction of sp³-hybridized carbons (Fsp3) is 0.278. The van der Waals surface area contributed by atoms with Crippen LogP contribution >= 0.6 is 0 Å². The number of nitrogens with one attached hydrogen (secondary N) is 1. The maximum atomic E-state index is 12.8. The van der Waals surface area contributed by atoms with Gasteiger partial charge in [0, 0.05) is 12.2 Å². The van der Waals surface area contributed by atoms with Gasteiger partial charge < -0.3 is 10.2 Å². The van der Waals surface area contributed by atoms with Gasteiger partial charge in [0.1, 0.15) is 0 Å². The van der Waals surface area contributed by atoms with E-state index in [1.807, 2.05) is 53.4 Å². The lowest BCUT2D eigenvalue weighted by atomic mass is 10.1. The maximum Gasteiger partial charge on any atom is 0.231 e. The summed E-state index contributed by atoms with van der Waals surface area (Å²) >= 11 is 0. The van der Waals surface area contributed by atoms with Crippen molar-refractivity contribution in [3.8, 4) is 0 Å². The van der Waals surface area contributed by atoms with Gasteiger partial charge in [-0.25, -0.2) is 0 Å². The molecule has 1 N–H and O–H groups in total. The molecule has 0 spiro atoms. The average molecular weight is 280 g/mol. The van der Waals surface area contributed by atoms with Crippen molar-refractivity contribution in [3.05, 3.63) is 66.2 Å². The SMILES string of the molecule is O=C(C1CCNC1)N(Cc1ccccc1)c1ccccc1. The summed E-state index contributed by atoms with van der Waals surface area (Å²) < 4.78 is 0. The molecule has 3 heteroatoms. The number of hydrogen-bond acceptors (Lipinski definition) is 2. The van der Waals surface area contributed by atoms with E-state index in [4.69, 9.17) is 0 Å². The number of nitrogens with zero attached hydrogens (tertiary/aromatic N) is 1. The van der Waals surface area contributed by atoms with Crippen molar-refractivity contribution in [3.63, 3.8) is 0 Å². The quantitative estimate of drug-likeness (QED) is 0.934. The van der Waals surface area contributed by atoms with Crippen LogP contribution < -0.4 is 10.2 Å². The second-order valence-corrected chi connectivity index (χ2v) is 5.44. The summed E-state index contributed by atoms with van der Waals surface area (Å²) in [4.78, 5) is 14.7. The molecular weight excluding hydrogens is 260 g/mol. The molecule has 1 atom stereocenters. The number of amides is 1. The van der Waals surface area contributed by atoms with Gasteiger partial charge in [0.2, 0.25) is 5.91 Å². The molecule has 0 saturated carbocycles. The zero-order valence-electron chi connectivity index (χ0n) is 12.0. The summed E-state index contributed by atoms with van der Waals surface area (Å²) in [6.07, 6.45) is 0.928. The van der Waals surface area contributed by atoms with Gasteiger partial charge in [-0.15, -0.1) is 0 Å². The van der Waals surface area contributed by atoms with Gasteiger partial charge >= 0.3 is 0 Å². The smallest absolute Gasteiger partial charge is 0.231 e. The van der Waals surface area contributed by atoms with E-state index in [1.165, 1.54) is 0 Å². The molecule has 2 aromatic carbocycles. The predicted molar refractivity (Wildman–Crippen MR) is 85.1 cm³/mol. The number of benzene rings is 2. The van der Waals surface area contributed by atoms with Crippen molar-refractivity contribution in [2.45, 2.75) is 13.0 Å². The number of carbonyl (C=O) groups is 1. The monoisotopic (exact) mass is 280 g/mol. The first kappa shape index (κ1) is 13.8. The Morgan fingerprint density at radius 1 is 1.05 bits per heavy atom. The summed E-state index contributed by atoms with van der Waals surface area (Å²) in [5.74, 6) is 0.309. The molecule has 0 radical (unpaired) electrons. The van der Waals surface area contributed by atoms with Gasteiger partial charge in [-0.2, -0.15) is 0 Å². The number of carbonyl (C=O) groups excluding carboxylic acids is 1. The topological polar surface area (TPSA) is 32.3 Å². The van der Waals surface area contributed by atoms with E-state index in [-0.39, 0.29) is 11.8 Å². The molecule has 1 saturated heterocycles. The van der Waals surface area contributed by atoms with E-state index >= 15 is 0 Å². The molecule has 2 aromatic rings. The Kier molecular flexibility index (Phi) is 4.31. The zero-order valence-corrected chi connectivity index (χ0v) is 12.0. The Morgan fingerprint density at radius 2 is 1.71 bits per heavy atom. The van der Waals surface area contributed by atoms with Gasteiger partial charge in [0.05, 0.1) is 12.5 Å². The van der Waals surface area contributed by atoms with Crippen LogP contribution in [0.2, 0.25) is 0 Å².